The van der Waals surface area contributed by atoms with Gasteiger partial charge in [-0.2, -0.15) is 0 Å². The van der Waals surface area contributed by atoms with Gasteiger partial charge in [-0.05, 0) is 50.5 Å². The van der Waals surface area contributed by atoms with Crippen LogP contribution in [0.15, 0.2) is 42.5 Å². The normalized spacial score (nSPS) is 17.4. The molecule has 1 fully saturated rings. The lowest BCUT2D eigenvalue weighted by Crippen LogP contribution is -2.15. The SMILES string of the molecule is CCn1c2ccccc2c2cc(NC(=O)CC[C@@H]3CCCO3)ccc21. The van der Waals surface area contributed by atoms with E-state index in [4.69, 9.17) is 4.74 Å². The summed E-state index contributed by atoms with van der Waals surface area (Å²) in [6, 6.07) is 14.6. The molecule has 1 aromatic heterocycles. The number of aromatic nitrogens is 1. The standard InChI is InChI=1S/C21H24N2O2/c1-2-23-19-8-4-3-7-17(19)18-14-15(9-11-20(18)23)22-21(24)12-10-16-6-5-13-25-16/h3-4,7-9,11,14,16H,2,5-6,10,12-13H2,1H3,(H,22,24)/t16-/m0/s1. The van der Waals surface area contributed by atoms with Crippen LogP contribution in [0, 0.1) is 0 Å². The van der Waals surface area contributed by atoms with Crippen molar-refractivity contribution in [2.45, 2.75) is 45.3 Å². The maximum atomic E-state index is 12.3. The Morgan fingerprint density at radius 2 is 2.04 bits per heavy atom. The van der Waals surface area contributed by atoms with Crippen molar-refractivity contribution in [3.8, 4) is 0 Å². The quantitative estimate of drug-likeness (QED) is 0.733. The molecule has 0 saturated carbocycles. The molecule has 0 spiro atoms. The van der Waals surface area contributed by atoms with Gasteiger partial charge in [-0.1, -0.05) is 18.2 Å². The highest BCUT2D eigenvalue weighted by atomic mass is 16.5. The van der Waals surface area contributed by atoms with Gasteiger partial charge in [0, 0.05) is 47.1 Å². The third-order valence-corrected chi connectivity index (χ3v) is 5.09. The number of hydrogen-bond donors (Lipinski definition) is 1. The van der Waals surface area contributed by atoms with E-state index in [0.29, 0.717) is 6.42 Å². The van der Waals surface area contributed by atoms with Gasteiger partial charge >= 0.3 is 0 Å². The number of nitrogens with zero attached hydrogens (tertiary/aromatic N) is 1. The van der Waals surface area contributed by atoms with Gasteiger partial charge in [0.25, 0.3) is 0 Å². The third-order valence-electron chi connectivity index (χ3n) is 5.09. The zero-order chi connectivity index (χ0) is 17.2. The van der Waals surface area contributed by atoms with Crippen molar-refractivity contribution < 1.29 is 9.53 Å². The molecule has 1 atom stereocenters. The summed E-state index contributed by atoms with van der Waals surface area (Å²) in [5.41, 5.74) is 3.31. The van der Waals surface area contributed by atoms with Gasteiger partial charge in [-0.25, -0.2) is 0 Å². The first-order valence-electron chi connectivity index (χ1n) is 9.18. The van der Waals surface area contributed by atoms with Crippen LogP contribution in [-0.4, -0.2) is 23.2 Å². The lowest BCUT2D eigenvalue weighted by atomic mass is 10.1. The number of carbonyl (C=O) groups is 1. The Morgan fingerprint density at radius 3 is 2.84 bits per heavy atom. The van der Waals surface area contributed by atoms with E-state index >= 15 is 0 Å². The second-order valence-corrected chi connectivity index (χ2v) is 6.72. The number of ether oxygens (including phenoxy) is 1. The van der Waals surface area contributed by atoms with Crippen LogP contribution in [-0.2, 0) is 16.1 Å². The molecule has 0 bridgehead atoms. The minimum absolute atomic E-state index is 0.0640. The molecule has 130 valence electrons. The number of rotatable bonds is 5. The van der Waals surface area contributed by atoms with E-state index in [0.717, 1.165) is 38.1 Å². The molecule has 1 N–H and O–H groups in total. The predicted molar refractivity (Wildman–Crippen MR) is 102 cm³/mol. The molecule has 1 saturated heterocycles. The number of carbonyl (C=O) groups excluding carboxylic acids is 1. The zero-order valence-corrected chi connectivity index (χ0v) is 14.6. The summed E-state index contributed by atoms with van der Waals surface area (Å²) in [6.07, 6.45) is 3.78. The molecule has 4 heteroatoms. The molecular formula is C21H24N2O2. The number of aryl methyl sites for hydroxylation is 1. The second-order valence-electron chi connectivity index (χ2n) is 6.72. The number of para-hydroxylation sites is 1. The maximum Gasteiger partial charge on any atom is 0.224 e. The van der Waals surface area contributed by atoms with Crippen LogP contribution in [0.3, 0.4) is 0 Å². The first-order chi connectivity index (χ1) is 12.3. The van der Waals surface area contributed by atoms with Crippen molar-refractivity contribution in [1.82, 2.24) is 4.57 Å². The van der Waals surface area contributed by atoms with Crippen molar-refractivity contribution in [1.29, 1.82) is 0 Å². The van der Waals surface area contributed by atoms with Crippen LogP contribution in [0.4, 0.5) is 5.69 Å². The number of amides is 1. The lowest BCUT2D eigenvalue weighted by molar-refractivity contribution is -0.116. The summed E-state index contributed by atoms with van der Waals surface area (Å²) in [7, 11) is 0. The van der Waals surface area contributed by atoms with Crippen LogP contribution >= 0.6 is 0 Å². The fraction of sp³-hybridized carbons (Fsp3) is 0.381. The Morgan fingerprint density at radius 1 is 1.20 bits per heavy atom. The highest BCUT2D eigenvalue weighted by Crippen LogP contribution is 2.31. The van der Waals surface area contributed by atoms with Gasteiger partial charge in [0.1, 0.15) is 0 Å². The molecule has 0 radical (unpaired) electrons. The van der Waals surface area contributed by atoms with Gasteiger partial charge in [0.05, 0.1) is 6.10 Å². The highest BCUT2D eigenvalue weighted by molar-refractivity contribution is 6.09. The molecule has 1 aliphatic rings. The van der Waals surface area contributed by atoms with Crippen LogP contribution in [0.2, 0.25) is 0 Å². The molecule has 25 heavy (non-hydrogen) atoms. The maximum absolute atomic E-state index is 12.3. The predicted octanol–water partition coefficient (Wildman–Crippen LogP) is 4.71. The summed E-state index contributed by atoms with van der Waals surface area (Å²) >= 11 is 0. The van der Waals surface area contributed by atoms with Crippen molar-refractivity contribution in [2.24, 2.45) is 0 Å². The number of hydrogen-bond acceptors (Lipinski definition) is 2. The van der Waals surface area contributed by atoms with E-state index in [-0.39, 0.29) is 12.0 Å². The van der Waals surface area contributed by atoms with Crippen LogP contribution in [0.25, 0.3) is 21.8 Å². The van der Waals surface area contributed by atoms with Gasteiger partial charge < -0.3 is 14.6 Å². The molecule has 2 aromatic carbocycles. The second kappa shape index (κ2) is 6.89. The molecular weight excluding hydrogens is 312 g/mol. The number of nitrogens with one attached hydrogen (secondary N) is 1. The van der Waals surface area contributed by atoms with Crippen LogP contribution in [0.5, 0.6) is 0 Å². The smallest absolute Gasteiger partial charge is 0.224 e. The Hall–Kier alpha value is -2.33. The monoisotopic (exact) mass is 336 g/mol. The first kappa shape index (κ1) is 16.2. The Bertz CT molecular complexity index is 907. The average Bonchev–Trinajstić information content (AvgIpc) is 3.25. The fourth-order valence-corrected chi connectivity index (χ4v) is 3.86. The third kappa shape index (κ3) is 3.14. The van der Waals surface area contributed by atoms with Crippen molar-refractivity contribution in [3.05, 3.63) is 42.5 Å². The summed E-state index contributed by atoms with van der Waals surface area (Å²) in [5.74, 6) is 0.0640. The van der Waals surface area contributed by atoms with Gasteiger partial charge in [0.2, 0.25) is 5.91 Å². The van der Waals surface area contributed by atoms with Crippen molar-refractivity contribution in [2.75, 3.05) is 11.9 Å². The van der Waals surface area contributed by atoms with Gasteiger partial charge in [-0.15, -0.1) is 0 Å². The van der Waals surface area contributed by atoms with Crippen LogP contribution in [0.1, 0.15) is 32.6 Å². The van der Waals surface area contributed by atoms with E-state index in [1.54, 1.807) is 0 Å². The number of anilines is 1. The van der Waals surface area contributed by atoms with Crippen molar-refractivity contribution in [3.63, 3.8) is 0 Å². The summed E-state index contributed by atoms with van der Waals surface area (Å²) in [5, 5.41) is 5.47. The first-order valence-corrected chi connectivity index (χ1v) is 9.18. The van der Waals surface area contributed by atoms with E-state index in [1.807, 2.05) is 6.07 Å². The highest BCUT2D eigenvalue weighted by Gasteiger charge is 2.17. The minimum atomic E-state index is 0.0640. The number of benzene rings is 2. The summed E-state index contributed by atoms with van der Waals surface area (Å²) < 4.78 is 7.90. The Balaban J connectivity index is 1.56. The van der Waals surface area contributed by atoms with Crippen LogP contribution < -0.4 is 5.32 Å². The minimum Gasteiger partial charge on any atom is -0.378 e. The summed E-state index contributed by atoms with van der Waals surface area (Å²) in [4.78, 5) is 12.3. The van der Waals surface area contributed by atoms with E-state index in [1.165, 1.54) is 21.8 Å². The molecule has 4 nitrogen and oxygen atoms in total. The lowest BCUT2D eigenvalue weighted by Gasteiger charge is -2.10. The zero-order valence-electron chi connectivity index (χ0n) is 14.6. The van der Waals surface area contributed by atoms with E-state index in [9.17, 15) is 4.79 Å². The van der Waals surface area contributed by atoms with E-state index in [2.05, 4.69) is 53.2 Å². The summed E-state index contributed by atoms with van der Waals surface area (Å²) in [6.45, 7) is 3.92. The molecule has 2 heterocycles. The molecule has 0 unspecified atom stereocenters. The number of fused-ring (bicyclic) bond motifs is 3. The van der Waals surface area contributed by atoms with Gasteiger partial charge in [-0.3, -0.25) is 4.79 Å². The Kier molecular flexibility index (Phi) is 4.45. The van der Waals surface area contributed by atoms with Crippen molar-refractivity contribution >= 4 is 33.4 Å². The molecule has 1 aliphatic heterocycles. The fourth-order valence-electron chi connectivity index (χ4n) is 3.86. The van der Waals surface area contributed by atoms with Gasteiger partial charge in [0.15, 0.2) is 0 Å². The Labute approximate surface area is 147 Å². The molecule has 3 aromatic rings. The molecule has 4 rings (SSSR count). The molecule has 1 amide bonds. The van der Waals surface area contributed by atoms with E-state index < -0.39 is 0 Å². The average molecular weight is 336 g/mol. The molecule has 0 aliphatic carbocycles. The largest absolute Gasteiger partial charge is 0.378 e. The topological polar surface area (TPSA) is 43.3 Å².